The fourth-order valence-corrected chi connectivity index (χ4v) is 2.26. The molecule has 2 rings (SSSR count). The number of likely N-dealkylation sites (tertiary alicyclic amines) is 1. The number of piperidine rings is 1. The number of thiocarbonyl (C=S) groups is 1. The molecule has 1 atom stereocenters. The number of ether oxygens (including phenoxy) is 1. The molecule has 0 aromatic heterocycles. The molecule has 0 saturated carbocycles. The molecule has 1 saturated heterocycles. The summed E-state index contributed by atoms with van der Waals surface area (Å²) in [5, 5.41) is 2.38. The summed E-state index contributed by atoms with van der Waals surface area (Å²) in [5.74, 6) is 0. The molecule has 19 heavy (non-hydrogen) atoms. The fourth-order valence-electron chi connectivity index (χ4n) is 2.11. The first-order valence-electron chi connectivity index (χ1n) is 6.32. The molecular weight excluding hydrogens is 260 g/mol. The van der Waals surface area contributed by atoms with Crippen LogP contribution in [0.4, 0.5) is 4.79 Å². The highest BCUT2D eigenvalue weighted by Gasteiger charge is 2.24. The average molecular weight is 276 g/mol. The Morgan fingerprint density at radius 3 is 3.00 bits per heavy atom. The summed E-state index contributed by atoms with van der Waals surface area (Å²) in [6.45, 7) is 1.59. The molecule has 0 radical (unpaired) electrons. The van der Waals surface area contributed by atoms with Gasteiger partial charge in [0.2, 0.25) is 0 Å². The van der Waals surface area contributed by atoms with Gasteiger partial charge in [-0.1, -0.05) is 30.3 Å². The third-order valence-electron chi connectivity index (χ3n) is 3.10. The summed E-state index contributed by atoms with van der Waals surface area (Å²) in [7, 11) is 0. The van der Waals surface area contributed by atoms with Crippen LogP contribution in [0, 0.1) is 0 Å². The number of benzene rings is 1. The van der Waals surface area contributed by atoms with E-state index in [4.69, 9.17) is 4.74 Å². The molecule has 5 heteroatoms. The SMILES string of the molecule is O=C(OCc1ccccc1)N1CCC[C@@H](N=C=S)C1. The molecule has 0 spiro atoms. The van der Waals surface area contributed by atoms with Crippen LogP contribution in [0.25, 0.3) is 0 Å². The van der Waals surface area contributed by atoms with Crippen LogP contribution in [0.1, 0.15) is 18.4 Å². The number of aliphatic imine (C=N–C) groups is 1. The van der Waals surface area contributed by atoms with E-state index in [0.717, 1.165) is 24.9 Å². The van der Waals surface area contributed by atoms with Crippen molar-refractivity contribution in [1.82, 2.24) is 4.90 Å². The summed E-state index contributed by atoms with van der Waals surface area (Å²) < 4.78 is 5.29. The lowest BCUT2D eigenvalue weighted by Gasteiger charge is -2.29. The maximum absolute atomic E-state index is 11.9. The molecule has 1 aliphatic rings. The Morgan fingerprint density at radius 1 is 1.47 bits per heavy atom. The number of carbonyl (C=O) groups excluding carboxylic acids is 1. The van der Waals surface area contributed by atoms with Gasteiger partial charge in [-0.15, -0.1) is 0 Å². The number of hydrogen-bond acceptors (Lipinski definition) is 4. The summed E-state index contributed by atoms with van der Waals surface area (Å²) in [6, 6.07) is 9.72. The zero-order chi connectivity index (χ0) is 13.5. The Balaban J connectivity index is 1.84. The maximum atomic E-state index is 11.9. The standard InChI is InChI=1S/C14H16N2O2S/c17-14(18-10-12-5-2-1-3-6-12)16-8-4-7-13(9-16)15-11-19/h1-3,5-6,13H,4,7-10H2/t13-/m1/s1. The van der Waals surface area contributed by atoms with Crippen molar-refractivity contribution >= 4 is 23.5 Å². The van der Waals surface area contributed by atoms with E-state index in [2.05, 4.69) is 22.4 Å². The molecule has 4 nitrogen and oxygen atoms in total. The molecule has 0 aliphatic carbocycles. The third-order valence-corrected chi connectivity index (χ3v) is 3.20. The van der Waals surface area contributed by atoms with Crippen LogP contribution in [0.15, 0.2) is 35.3 Å². The zero-order valence-corrected chi connectivity index (χ0v) is 11.4. The van der Waals surface area contributed by atoms with E-state index < -0.39 is 0 Å². The molecule has 0 N–H and O–H groups in total. The molecule has 1 aliphatic heterocycles. The van der Waals surface area contributed by atoms with E-state index in [1.165, 1.54) is 0 Å². The van der Waals surface area contributed by atoms with Crippen LogP contribution >= 0.6 is 12.2 Å². The normalized spacial score (nSPS) is 18.5. The number of rotatable bonds is 3. The Bertz CT molecular complexity index is 472. The highest BCUT2D eigenvalue weighted by Crippen LogP contribution is 2.14. The Kier molecular flexibility index (Phi) is 5.07. The number of carbonyl (C=O) groups is 1. The second-order valence-electron chi connectivity index (χ2n) is 4.50. The van der Waals surface area contributed by atoms with Gasteiger partial charge in [-0.2, -0.15) is 0 Å². The molecule has 1 aromatic rings. The zero-order valence-electron chi connectivity index (χ0n) is 10.6. The number of isothiocyanates is 1. The van der Waals surface area contributed by atoms with Gasteiger partial charge in [-0.3, -0.25) is 0 Å². The largest absolute Gasteiger partial charge is 0.445 e. The van der Waals surface area contributed by atoms with Crippen molar-refractivity contribution in [2.24, 2.45) is 4.99 Å². The van der Waals surface area contributed by atoms with Crippen molar-refractivity contribution in [1.29, 1.82) is 0 Å². The van der Waals surface area contributed by atoms with Crippen LogP contribution < -0.4 is 0 Å². The minimum absolute atomic E-state index is 0.0653. The number of nitrogens with zero attached hydrogens (tertiary/aromatic N) is 2. The topological polar surface area (TPSA) is 41.9 Å². The molecule has 100 valence electrons. The van der Waals surface area contributed by atoms with Crippen molar-refractivity contribution < 1.29 is 9.53 Å². The first-order chi connectivity index (χ1) is 9.29. The van der Waals surface area contributed by atoms with Gasteiger partial charge in [-0.05, 0) is 30.6 Å². The minimum atomic E-state index is -0.284. The van der Waals surface area contributed by atoms with E-state index in [0.29, 0.717) is 13.2 Å². The van der Waals surface area contributed by atoms with E-state index >= 15 is 0 Å². The Hall–Kier alpha value is -1.71. The quantitative estimate of drug-likeness (QED) is 0.629. The fraction of sp³-hybridized carbons (Fsp3) is 0.429. The van der Waals surface area contributed by atoms with Crippen molar-refractivity contribution in [3.63, 3.8) is 0 Å². The lowest BCUT2D eigenvalue weighted by Crippen LogP contribution is -2.41. The minimum Gasteiger partial charge on any atom is -0.445 e. The highest BCUT2D eigenvalue weighted by atomic mass is 32.1. The van der Waals surface area contributed by atoms with E-state index in [1.807, 2.05) is 30.3 Å². The van der Waals surface area contributed by atoms with Gasteiger partial charge in [0.1, 0.15) is 6.61 Å². The molecule has 1 fully saturated rings. The van der Waals surface area contributed by atoms with Gasteiger partial charge in [-0.25, -0.2) is 9.79 Å². The van der Waals surface area contributed by atoms with Gasteiger partial charge in [0.15, 0.2) is 0 Å². The first-order valence-corrected chi connectivity index (χ1v) is 6.73. The lowest BCUT2D eigenvalue weighted by atomic mass is 10.1. The molecule has 0 unspecified atom stereocenters. The Morgan fingerprint density at radius 2 is 2.26 bits per heavy atom. The summed E-state index contributed by atoms with van der Waals surface area (Å²) in [4.78, 5) is 17.7. The van der Waals surface area contributed by atoms with Gasteiger partial charge < -0.3 is 9.64 Å². The van der Waals surface area contributed by atoms with E-state index in [1.54, 1.807) is 4.90 Å². The van der Waals surface area contributed by atoms with E-state index in [9.17, 15) is 4.79 Å². The smallest absolute Gasteiger partial charge is 0.410 e. The van der Waals surface area contributed by atoms with Gasteiger partial charge >= 0.3 is 6.09 Å². The van der Waals surface area contributed by atoms with Crippen LogP contribution in [0.3, 0.4) is 0 Å². The summed E-state index contributed by atoms with van der Waals surface area (Å²) >= 11 is 4.60. The van der Waals surface area contributed by atoms with Crippen molar-refractivity contribution in [3.8, 4) is 0 Å². The van der Waals surface area contributed by atoms with Crippen molar-refractivity contribution in [3.05, 3.63) is 35.9 Å². The molecule has 1 amide bonds. The molecule has 0 bridgehead atoms. The van der Waals surface area contributed by atoms with Gasteiger partial charge in [0.05, 0.1) is 11.2 Å². The number of hydrogen-bond donors (Lipinski definition) is 0. The summed E-state index contributed by atoms with van der Waals surface area (Å²) in [6.07, 6.45) is 1.59. The average Bonchev–Trinajstić information content (AvgIpc) is 2.46. The Labute approximate surface area is 118 Å². The second kappa shape index (κ2) is 7.02. The van der Waals surface area contributed by atoms with Crippen molar-refractivity contribution in [2.75, 3.05) is 13.1 Å². The van der Waals surface area contributed by atoms with E-state index in [-0.39, 0.29) is 12.1 Å². The van der Waals surface area contributed by atoms with Crippen LogP contribution in [-0.4, -0.2) is 35.3 Å². The highest BCUT2D eigenvalue weighted by molar-refractivity contribution is 7.78. The van der Waals surface area contributed by atoms with Crippen LogP contribution in [-0.2, 0) is 11.3 Å². The van der Waals surface area contributed by atoms with Crippen LogP contribution in [0.2, 0.25) is 0 Å². The lowest BCUT2D eigenvalue weighted by molar-refractivity contribution is 0.0864. The number of amides is 1. The maximum Gasteiger partial charge on any atom is 0.410 e. The second-order valence-corrected chi connectivity index (χ2v) is 4.69. The predicted molar refractivity (Wildman–Crippen MR) is 76.2 cm³/mol. The van der Waals surface area contributed by atoms with Gasteiger partial charge in [0.25, 0.3) is 0 Å². The van der Waals surface area contributed by atoms with Crippen LogP contribution in [0.5, 0.6) is 0 Å². The summed E-state index contributed by atoms with van der Waals surface area (Å²) in [5.41, 5.74) is 0.987. The molecule has 1 heterocycles. The molecule has 1 aromatic carbocycles. The van der Waals surface area contributed by atoms with Crippen molar-refractivity contribution in [2.45, 2.75) is 25.5 Å². The van der Waals surface area contributed by atoms with Gasteiger partial charge in [0, 0.05) is 13.1 Å². The molecular formula is C14H16N2O2S. The predicted octanol–water partition coefficient (Wildman–Crippen LogP) is 2.89. The monoisotopic (exact) mass is 276 g/mol. The third kappa shape index (κ3) is 4.16. The first kappa shape index (κ1) is 13.7.